The molecule has 1 aliphatic carbocycles. The number of carbonyl (C=O) groups excluding carboxylic acids is 1. The molecule has 1 aromatic carbocycles. The summed E-state index contributed by atoms with van der Waals surface area (Å²) in [5.41, 5.74) is 4.38. The van der Waals surface area contributed by atoms with Crippen LogP contribution in [0.3, 0.4) is 0 Å². The number of pyridine rings is 1. The summed E-state index contributed by atoms with van der Waals surface area (Å²) in [7, 11) is 0. The zero-order chi connectivity index (χ0) is 21.9. The molecule has 7 nitrogen and oxygen atoms in total. The largest absolute Gasteiger partial charge is 0.381 e. The Balaban J connectivity index is 1.55. The maximum Gasteiger partial charge on any atom is 0.255 e. The van der Waals surface area contributed by atoms with Crippen molar-refractivity contribution in [2.75, 3.05) is 18.5 Å². The number of aryl methyl sites for hydroxylation is 1. The quantitative estimate of drug-likeness (QED) is 0.563. The summed E-state index contributed by atoms with van der Waals surface area (Å²) in [6.45, 7) is 4.79. The Labute approximate surface area is 188 Å². The minimum atomic E-state index is -0.0716. The first kappa shape index (κ1) is 20.9. The van der Waals surface area contributed by atoms with Gasteiger partial charge in [0.2, 0.25) is 0 Å². The van der Waals surface area contributed by atoms with Crippen LogP contribution >= 0.6 is 0 Å². The van der Waals surface area contributed by atoms with Crippen molar-refractivity contribution in [3.63, 3.8) is 0 Å². The Morgan fingerprint density at radius 1 is 1.16 bits per heavy atom. The third-order valence-electron chi connectivity index (χ3n) is 6.43. The molecule has 168 valence electrons. The van der Waals surface area contributed by atoms with E-state index in [-0.39, 0.29) is 11.9 Å². The second-order valence-electron chi connectivity index (χ2n) is 8.85. The van der Waals surface area contributed by atoms with E-state index in [4.69, 9.17) is 9.72 Å². The first-order chi connectivity index (χ1) is 15.7. The van der Waals surface area contributed by atoms with Gasteiger partial charge in [-0.25, -0.2) is 9.67 Å². The van der Waals surface area contributed by atoms with Gasteiger partial charge in [0.1, 0.15) is 0 Å². The van der Waals surface area contributed by atoms with Crippen LogP contribution in [-0.2, 0) is 24.2 Å². The average molecular weight is 434 g/mol. The van der Waals surface area contributed by atoms with Gasteiger partial charge in [-0.2, -0.15) is 5.10 Å². The molecule has 0 unspecified atom stereocenters. The molecular weight excluding hydrogens is 402 g/mol. The predicted octanol–water partition coefficient (Wildman–Crippen LogP) is 3.92. The minimum absolute atomic E-state index is 0.0716. The molecule has 32 heavy (non-hydrogen) atoms. The van der Waals surface area contributed by atoms with Crippen molar-refractivity contribution in [3.05, 3.63) is 53.3 Å². The van der Waals surface area contributed by atoms with Crippen molar-refractivity contribution in [1.29, 1.82) is 0 Å². The van der Waals surface area contributed by atoms with Gasteiger partial charge in [0.05, 0.1) is 28.5 Å². The normalized spacial score (nSPS) is 16.9. The van der Waals surface area contributed by atoms with Gasteiger partial charge in [0.25, 0.3) is 5.91 Å². The summed E-state index contributed by atoms with van der Waals surface area (Å²) in [6, 6.07) is 10.3. The molecule has 1 amide bonds. The number of fused-ring (bicyclic) bond motifs is 1. The fraction of sp³-hybridized carbons (Fsp3) is 0.480. The maximum atomic E-state index is 13.6. The Kier molecular flexibility index (Phi) is 6.08. The van der Waals surface area contributed by atoms with Gasteiger partial charge in [-0.15, -0.1) is 0 Å². The number of nitrogens with zero attached hydrogens (tertiary/aromatic N) is 3. The lowest BCUT2D eigenvalue weighted by Gasteiger charge is -2.26. The number of hydrogen-bond acceptors (Lipinski definition) is 5. The first-order valence-electron chi connectivity index (χ1n) is 11.8. The van der Waals surface area contributed by atoms with Gasteiger partial charge >= 0.3 is 0 Å². The van der Waals surface area contributed by atoms with Crippen LogP contribution in [-0.4, -0.2) is 39.9 Å². The summed E-state index contributed by atoms with van der Waals surface area (Å²) >= 11 is 0. The standard InChI is InChI=1S/C25H31N5O2/c1-2-30-24-20(16-27-30)23(28-19-10-12-32-13-11-19)22(21(29-24)14-17-8-9-17)25(31)26-15-18-6-4-3-5-7-18/h3-7,16-17,19H,2,8-15H2,1H3,(H,26,31)(H,28,29). The highest BCUT2D eigenvalue weighted by Gasteiger charge is 2.30. The molecule has 0 atom stereocenters. The predicted molar refractivity (Wildman–Crippen MR) is 125 cm³/mol. The van der Waals surface area contributed by atoms with Crippen molar-refractivity contribution in [2.24, 2.45) is 5.92 Å². The summed E-state index contributed by atoms with van der Waals surface area (Å²) < 4.78 is 7.47. The molecule has 5 rings (SSSR count). The van der Waals surface area contributed by atoms with Crippen LogP contribution in [0.4, 0.5) is 5.69 Å². The highest BCUT2D eigenvalue weighted by atomic mass is 16.5. The summed E-state index contributed by atoms with van der Waals surface area (Å²) in [5.74, 6) is 0.548. The van der Waals surface area contributed by atoms with Gasteiger partial charge < -0.3 is 15.4 Å². The van der Waals surface area contributed by atoms with Crippen molar-refractivity contribution >= 4 is 22.6 Å². The number of hydrogen-bond donors (Lipinski definition) is 2. The van der Waals surface area contributed by atoms with E-state index in [1.165, 1.54) is 12.8 Å². The lowest BCUT2D eigenvalue weighted by atomic mass is 10.0. The summed E-state index contributed by atoms with van der Waals surface area (Å²) in [4.78, 5) is 18.6. The topological polar surface area (TPSA) is 81.1 Å². The fourth-order valence-electron chi connectivity index (χ4n) is 4.42. The molecule has 7 heteroatoms. The molecule has 0 spiro atoms. The number of carbonyl (C=O) groups is 1. The number of nitrogens with one attached hydrogen (secondary N) is 2. The van der Waals surface area contributed by atoms with E-state index in [2.05, 4.69) is 22.7 Å². The van der Waals surface area contributed by atoms with Gasteiger partial charge in [-0.05, 0) is 50.5 Å². The van der Waals surface area contributed by atoms with E-state index in [1.807, 2.05) is 41.2 Å². The van der Waals surface area contributed by atoms with Crippen LogP contribution in [0, 0.1) is 5.92 Å². The Bertz CT molecular complexity index is 1080. The average Bonchev–Trinajstić information content (AvgIpc) is 3.55. The molecule has 3 aromatic rings. The fourth-order valence-corrected chi connectivity index (χ4v) is 4.42. The van der Waals surface area contributed by atoms with Crippen LogP contribution in [0.5, 0.6) is 0 Å². The SMILES string of the molecule is CCn1ncc2c(NC3CCOCC3)c(C(=O)NCc3ccccc3)c(CC3CC3)nc21. The van der Waals surface area contributed by atoms with Gasteiger partial charge in [-0.3, -0.25) is 4.79 Å². The monoisotopic (exact) mass is 433 g/mol. The molecule has 2 aromatic heterocycles. The van der Waals surface area contributed by atoms with E-state index >= 15 is 0 Å². The number of anilines is 1. The maximum absolute atomic E-state index is 13.6. The molecule has 2 fully saturated rings. The second kappa shape index (κ2) is 9.28. The van der Waals surface area contributed by atoms with Crippen molar-refractivity contribution in [2.45, 2.75) is 58.2 Å². The van der Waals surface area contributed by atoms with E-state index in [0.717, 1.165) is 67.0 Å². The lowest BCUT2D eigenvalue weighted by molar-refractivity contribution is 0.0903. The molecule has 0 bridgehead atoms. The van der Waals surface area contributed by atoms with Crippen molar-refractivity contribution < 1.29 is 9.53 Å². The molecule has 0 radical (unpaired) electrons. The van der Waals surface area contributed by atoms with Crippen LogP contribution in [0.1, 0.15) is 54.2 Å². The highest BCUT2D eigenvalue weighted by Crippen LogP contribution is 2.37. The number of amides is 1. The minimum Gasteiger partial charge on any atom is -0.381 e. The lowest BCUT2D eigenvalue weighted by Crippen LogP contribution is -2.31. The number of rotatable bonds is 8. The van der Waals surface area contributed by atoms with Gasteiger partial charge in [0.15, 0.2) is 5.65 Å². The second-order valence-corrected chi connectivity index (χ2v) is 8.85. The molecular formula is C25H31N5O2. The zero-order valence-electron chi connectivity index (χ0n) is 18.6. The highest BCUT2D eigenvalue weighted by molar-refractivity contribution is 6.07. The third-order valence-corrected chi connectivity index (χ3v) is 6.43. The van der Waals surface area contributed by atoms with E-state index < -0.39 is 0 Å². The smallest absolute Gasteiger partial charge is 0.255 e. The number of aromatic nitrogens is 3. The Morgan fingerprint density at radius 2 is 1.94 bits per heavy atom. The number of ether oxygens (including phenoxy) is 1. The van der Waals surface area contributed by atoms with E-state index in [0.29, 0.717) is 18.0 Å². The van der Waals surface area contributed by atoms with E-state index in [9.17, 15) is 4.79 Å². The van der Waals surface area contributed by atoms with E-state index in [1.54, 1.807) is 0 Å². The third kappa shape index (κ3) is 4.48. The van der Waals surface area contributed by atoms with Crippen LogP contribution < -0.4 is 10.6 Å². The molecule has 1 saturated heterocycles. The van der Waals surface area contributed by atoms with Crippen LogP contribution in [0.25, 0.3) is 11.0 Å². The van der Waals surface area contributed by atoms with Crippen LogP contribution in [0.2, 0.25) is 0 Å². The van der Waals surface area contributed by atoms with Crippen molar-refractivity contribution in [1.82, 2.24) is 20.1 Å². The number of benzene rings is 1. The van der Waals surface area contributed by atoms with Gasteiger partial charge in [0, 0.05) is 32.3 Å². The first-order valence-corrected chi connectivity index (χ1v) is 11.8. The molecule has 2 aliphatic rings. The molecule has 1 aliphatic heterocycles. The molecule has 3 heterocycles. The van der Waals surface area contributed by atoms with Gasteiger partial charge in [-0.1, -0.05) is 30.3 Å². The molecule has 2 N–H and O–H groups in total. The molecule has 1 saturated carbocycles. The summed E-state index contributed by atoms with van der Waals surface area (Å²) in [5, 5.41) is 12.3. The zero-order valence-corrected chi connectivity index (χ0v) is 18.6. The van der Waals surface area contributed by atoms with Crippen molar-refractivity contribution in [3.8, 4) is 0 Å². The Hall–Kier alpha value is -2.93. The summed E-state index contributed by atoms with van der Waals surface area (Å²) in [6.07, 6.45) is 6.95. The van der Waals surface area contributed by atoms with Crippen LogP contribution in [0.15, 0.2) is 36.5 Å². The Morgan fingerprint density at radius 3 is 2.66 bits per heavy atom.